The van der Waals surface area contributed by atoms with Crippen molar-refractivity contribution in [1.82, 2.24) is 5.32 Å². The van der Waals surface area contributed by atoms with Gasteiger partial charge in [0, 0.05) is 6.07 Å². The molecular weight excluding hydrogens is 266 g/mol. The number of carbonyl (C=O) groups excluding carboxylic acids is 1. The van der Waals surface area contributed by atoms with Crippen molar-refractivity contribution in [2.24, 2.45) is 0 Å². The number of nitro benzene ring substituents is 1. The molecule has 0 heterocycles. The van der Waals surface area contributed by atoms with Gasteiger partial charge in [-0.3, -0.25) is 10.1 Å². The fourth-order valence-electron chi connectivity index (χ4n) is 1.61. The number of nitro groups is 1. The Morgan fingerprint density at radius 3 is 2.60 bits per heavy atom. The van der Waals surface area contributed by atoms with Crippen LogP contribution in [0, 0.1) is 17.0 Å². The van der Waals surface area contributed by atoms with E-state index < -0.39 is 23.0 Å². The number of carboxylic acid groups (broad SMARTS) is 1. The molecule has 1 aromatic rings. The highest BCUT2D eigenvalue weighted by molar-refractivity contribution is 5.93. The molecule has 2 amide bonds. The number of benzene rings is 1. The van der Waals surface area contributed by atoms with Crippen LogP contribution in [-0.2, 0) is 4.79 Å². The molecule has 0 bridgehead atoms. The van der Waals surface area contributed by atoms with Gasteiger partial charge in [0.1, 0.15) is 6.04 Å². The highest BCUT2D eigenvalue weighted by Gasteiger charge is 2.19. The van der Waals surface area contributed by atoms with Crippen LogP contribution in [0.1, 0.15) is 18.9 Å². The molecule has 0 saturated carbocycles. The Bertz CT molecular complexity index is 544. The summed E-state index contributed by atoms with van der Waals surface area (Å²) in [4.78, 5) is 32.7. The number of hydrogen-bond acceptors (Lipinski definition) is 4. The van der Waals surface area contributed by atoms with Gasteiger partial charge in [0.15, 0.2) is 0 Å². The van der Waals surface area contributed by atoms with Crippen molar-refractivity contribution >= 4 is 23.4 Å². The van der Waals surface area contributed by atoms with E-state index in [1.807, 2.05) is 0 Å². The molecule has 0 aromatic heterocycles. The molecule has 0 unspecified atom stereocenters. The third-order valence-corrected chi connectivity index (χ3v) is 2.76. The largest absolute Gasteiger partial charge is 0.480 e. The van der Waals surface area contributed by atoms with Crippen molar-refractivity contribution in [3.63, 3.8) is 0 Å². The number of nitrogens with one attached hydrogen (secondary N) is 2. The number of carboxylic acids is 1. The van der Waals surface area contributed by atoms with Crippen molar-refractivity contribution in [1.29, 1.82) is 0 Å². The quantitative estimate of drug-likeness (QED) is 0.562. The highest BCUT2D eigenvalue weighted by atomic mass is 16.6. The lowest BCUT2D eigenvalue weighted by molar-refractivity contribution is -0.385. The summed E-state index contributed by atoms with van der Waals surface area (Å²) in [6.07, 6.45) is 0.233. The second kappa shape index (κ2) is 6.50. The smallest absolute Gasteiger partial charge is 0.326 e. The average molecular weight is 281 g/mol. The van der Waals surface area contributed by atoms with Crippen molar-refractivity contribution in [3.05, 3.63) is 33.9 Å². The first kappa shape index (κ1) is 15.4. The molecule has 108 valence electrons. The second-order valence-corrected chi connectivity index (χ2v) is 4.10. The number of rotatable bonds is 5. The first-order chi connectivity index (χ1) is 9.36. The molecule has 1 aromatic carbocycles. The normalized spacial score (nSPS) is 11.5. The Kier molecular flexibility index (Phi) is 5.01. The average Bonchev–Trinajstić information content (AvgIpc) is 2.37. The molecule has 0 fully saturated rings. The lowest BCUT2D eigenvalue weighted by Gasteiger charge is -2.14. The number of aliphatic carboxylic acids is 1. The van der Waals surface area contributed by atoms with Crippen LogP contribution < -0.4 is 10.6 Å². The van der Waals surface area contributed by atoms with Crippen molar-refractivity contribution in [2.45, 2.75) is 26.3 Å². The number of anilines is 1. The summed E-state index contributed by atoms with van der Waals surface area (Å²) in [6, 6.07) is 2.54. The van der Waals surface area contributed by atoms with E-state index in [-0.39, 0.29) is 17.8 Å². The Morgan fingerprint density at radius 1 is 1.45 bits per heavy atom. The molecule has 0 aliphatic carbocycles. The van der Waals surface area contributed by atoms with Crippen LogP contribution in [0.25, 0.3) is 0 Å². The summed E-state index contributed by atoms with van der Waals surface area (Å²) in [5.41, 5.74) is 0.445. The third kappa shape index (κ3) is 3.67. The maximum atomic E-state index is 11.7. The number of carbonyl (C=O) groups is 2. The zero-order chi connectivity index (χ0) is 15.3. The van der Waals surface area contributed by atoms with Gasteiger partial charge in [-0.15, -0.1) is 0 Å². The molecule has 0 aliphatic heterocycles. The molecule has 8 nitrogen and oxygen atoms in total. The van der Waals surface area contributed by atoms with E-state index in [2.05, 4.69) is 10.6 Å². The van der Waals surface area contributed by atoms with Crippen LogP contribution in [0.5, 0.6) is 0 Å². The summed E-state index contributed by atoms with van der Waals surface area (Å²) >= 11 is 0. The summed E-state index contributed by atoms with van der Waals surface area (Å²) in [5.74, 6) is -1.14. The van der Waals surface area contributed by atoms with E-state index in [0.29, 0.717) is 5.56 Å². The van der Waals surface area contributed by atoms with Gasteiger partial charge in [0.2, 0.25) is 0 Å². The molecule has 8 heteroatoms. The van der Waals surface area contributed by atoms with Gasteiger partial charge in [-0.2, -0.15) is 0 Å². The maximum Gasteiger partial charge on any atom is 0.326 e. The van der Waals surface area contributed by atoms with E-state index >= 15 is 0 Å². The van der Waals surface area contributed by atoms with Crippen molar-refractivity contribution in [3.8, 4) is 0 Å². The van der Waals surface area contributed by atoms with Gasteiger partial charge in [-0.25, -0.2) is 9.59 Å². The second-order valence-electron chi connectivity index (χ2n) is 4.10. The summed E-state index contributed by atoms with van der Waals surface area (Å²) < 4.78 is 0. The SMILES string of the molecule is CC[C@H](NC(=O)Nc1cccc([N+](=O)[O-])c1C)C(=O)O. The Hall–Kier alpha value is -2.64. The van der Waals surface area contributed by atoms with Gasteiger partial charge >= 0.3 is 12.0 Å². The zero-order valence-corrected chi connectivity index (χ0v) is 11.0. The first-order valence-corrected chi connectivity index (χ1v) is 5.91. The van der Waals surface area contributed by atoms with Gasteiger partial charge in [0.05, 0.1) is 16.2 Å². The number of amides is 2. The van der Waals surface area contributed by atoms with E-state index in [9.17, 15) is 19.7 Å². The van der Waals surface area contributed by atoms with Crippen molar-refractivity contribution < 1.29 is 19.6 Å². The van der Waals surface area contributed by atoms with Crippen LogP contribution >= 0.6 is 0 Å². The predicted molar refractivity (Wildman–Crippen MR) is 71.7 cm³/mol. The van der Waals surface area contributed by atoms with Crippen molar-refractivity contribution in [2.75, 3.05) is 5.32 Å². The molecule has 0 radical (unpaired) electrons. The predicted octanol–water partition coefficient (Wildman–Crippen LogP) is 1.89. The topological polar surface area (TPSA) is 122 Å². The molecule has 0 spiro atoms. The number of nitrogens with zero attached hydrogens (tertiary/aromatic N) is 1. The minimum atomic E-state index is -1.14. The molecule has 20 heavy (non-hydrogen) atoms. The maximum absolute atomic E-state index is 11.7. The number of hydrogen-bond donors (Lipinski definition) is 3. The molecule has 0 aliphatic rings. The van der Waals surface area contributed by atoms with E-state index in [1.165, 1.54) is 25.1 Å². The summed E-state index contributed by atoms with van der Waals surface area (Å²) in [6.45, 7) is 3.12. The van der Waals surface area contributed by atoms with Crippen LogP contribution in [-0.4, -0.2) is 28.1 Å². The molecule has 1 rings (SSSR count). The van der Waals surface area contributed by atoms with Gasteiger partial charge in [0.25, 0.3) is 5.69 Å². The van der Waals surface area contributed by atoms with Crippen LogP contribution in [0.4, 0.5) is 16.2 Å². The summed E-state index contributed by atoms with van der Waals surface area (Å²) in [5, 5.41) is 24.3. The lowest BCUT2D eigenvalue weighted by Crippen LogP contribution is -2.42. The monoisotopic (exact) mass is 281 g/mol. The fourth-order valence-corrected chi connectivity index (χ4v) is 1.61. The first-order valence-electron chi connectivity index (χ1n) is 5.91. The molecular formula is C12H15N3O5. The van der Waals surface area contributed by atoms with E-state index in [0.717, 1.165) is 0 Å². The van der Waals surface area contributed by atoms with Gasteiger partial charge in [-0.05, 0) is 19.4 Å². The molecule has 3 N–H and O–H groups in total. The van der Waals surface area contributed by atoms with Gasteiger partial charge in [-0.1, -0.05) is 13.0 Å². The van der Waals surface area contributed by atoms with E-state index in [4.69, 9.17) is 5.11 Å². The lowest BCUT2D eigenvalue weighted by atomic mass is 10.1. The van der Waals surface area contributed by atoms with Crippen LogP contribution in [0.15, 0.2) is 18.2 Å². The highest BCUT2D eigenvalue weighted by Crippen LogP contribution is 2.24. The minimum Gasteiger partial charge on any atom is -0.480 e. The Balaban J connectivity index is 2.84. The molecule has 1 atom stereocenters. The Morgan fingerprint density at radius 2 is 2.10 bits per heavy atom. The van der Waals surface area contributed by atoms with Gasteiger partial charge < -0.3 is 15.7 Å². The third-order valence-electron chi connectivity index (χ3n) is 2.76. The van der Waals surface area contributed by atoms with Crippen LogP contribution in [0.2, 0.25) is 0 Å². The summed E-state index contributed by atoms with van der Waals surface area (Å²) in [7, 11) is 0. The molecule has 0 saturated heterocycles. The Labute approximate surface area is 114 Å². The number of urea groups is 1. The fraction of sp³-hybridized carbons (Fsp3) is 0.333. The van der Waals surface area contributed by atoms with Crippen LogP contribution in [0.3, 0.4) is 0 Å². The van der Waals surface area contributed by atoms with E-state index in [1.54, 1.807) is 6.92 Å². The minimum absolute atomic E-state index is 0.118. The standard InChI is InChI=1S/C12H15N3O5/c1-3-8(11(16)17)13-12(18)14-9-5-4-6-10(7(9)2)15(19)20/h4-6,8H,3H2,1-2H3,(H,16,17)(H2,13,14,18)/t8-/m0/s1. The zero-order valence-electron chi connectivity index (χ0n) is 11.0.